The molecule has 0 saturated heterocycles. The summed E-state index contributed by atoms with van der Waals surface area (Å²) in [5.41, 5.74) is 3.29. The Kier molecular flexibility index (Phi) is 6.07. The highest BCUT2D eigenvalue weighted by Crippen LogP contribution is 2.34. The summed E-state index contributed by atoms with van der Waals surface area (Å²) < 4.78 is 12.9. The Balaban J connectivity index is 1.39. The predicted molar refractivity (Wildman–Crippen MR) is 129 cm³/mol. The Morgan fingerprint density at radius 2 is 2.03 bits per heavy atom. The van der Waals surface area contributed by atoms with Crippen LogP contribution in [0.3, 0.4) is 0 Å². The Labute approximate surface area is 203 Å². The first-order valence-corrected chi connectivity index (χ1v) is 11.3. The van der Waals surface area contributed by atoms with Crippen molar-refractivity contribution in [1.29, 1.82) is 0 Å². The number of carbonyl (C=O) groups excluding carboxylic acids is 1. The number of pyridine rings is 2. The van der Waals surface area contributed by atoms with Crippen LogP contribution >= 0.6 is 22.9 Å². The van der Waals surface area contributed by atoms with Crippen molar-refractivity contribution in [3.05, 3.63) is 83.5 Å². The number of rotatable bonds is 7. The molecule has 11 heteroatoms. The highest BCUT2D eigenvalue weighted by atomic mass is 35.5. The summed E-state index contributed by atoms with van der Waals surface area (Å²) in [6, 6.07) is 12.8. The number of nitrogens with one attached hydrogen (secondary N) is 1. The lowest BCUT2D eigenvalue weighted by Crippen LogP contribution is -2.14. The molecule has 170 valence electrons. The first-order valence-electron chi connectivity index (χ1n) is 10.1. The third-order valence-corrected chi connectivity index (χ3v) is 5.91. The smallest absolute Gasteiger partial charge is 0.296 e. The molecule has 0 radical (unpaired) electrons. The second-order valence-electron chi connectivity index (χ2n) is 7.08. The lowest BCUT2D eigenvalue weighted by Gasteiger charge is -2.13. The van der Waals surface area contributed by atoms with Gasteiger partial charge in [0.05, 0.1) is 23.4 Å². The van der Waals surface area contributed by atoms with Crippen LogP contribution in [0.5, 0.6) is 10.9 Å². The average Bonchev–Trinajstić information content (AvgIpc) is 3.51. The predicted octanol–water partition coefficient (Wildman–Crippen LogP) is 4.74. The van der Waals surface area contributed by atoms with Crippen molar-refractivity contribution in [3.8, 4) is 22.1 Å². The molecule has 1 aromatic carbocycles. The molecule has 1 amide bonds. The Morgan fingerprint density at radius 1 is 1.15 bits per heavy atom. The van der Waals surface area contributed by atoms with Gasteiger partial charge in [0.1, 0.15) is 18.0 Å². The maximum absolute atomic E-state index is 13.3. The van der Waals surface area contributed by atoms with Gasteiger partial charge in [-0.25, -0.2) is 4.98 Å². The Hall–Kier alpha value is -4.02. The number of para-hydroxylation sites is 1. The zero-order valence-corrected chi connectivity index (χ0v) is 19.4. The van der Waals surface area contributed by atoms with E-state index < -0.39 is 0 Å². The summed E-state index contributed by atoms with van der Waals surface area (Å²) in [4.78, 5) is 21.8. The van der Waals surface area contributed by atoms with E-state index in [1.807, 2.05) is 30.3 Å². The van der Waals surface area contributed by atoms with Crippen LogP contribution in [0.15, 0.2) is 67.3 Å². The number of anilines is 1. The van der Waals surface area contributed by atoms with Crippen LogP contribution in [-0.4, -0.2) is 37.6 Å². The number of nitrogens with zero attached hydrogens (tertiary/aromatic N) is 5. The molecule has 0 saturated carbocycles. The van der Waals surface area contributed by atoms with Crippen molar-refractivity contribution in [2.24, 2.45) is 0 Å². The van der Waals surface area contributed by atoms with Crippen LogP contribution in [-0.2, 0) is 6.61 Å². The summed E-state index contributed by atoms with van der Waals surface area (Å²) in [6.45, 7) is 0.203. The highest BCUT2D eigenvalue weighted by molar-refractivity contribution is 7.17. The minimum absolute atomic E-state index is 0.203. The zero-order chi connectivity index (χ0) is 23.5. The van der Waals surface area contributed by atoms with Gasteiger partial charge < -0.3 is 13.9 Å². The lowest BCUT2D eigenvalue weighted by molar-refractivity contribution is 0.102. The van der Waals surface area contributed by atoms with Crippen LogP contribution in [0.2, 0.25) is 5.02 Å². The van der Waals surface area contributed by atoms with Crippen LogP contribution in [0.25, 0.3) is 16.8 Å². The van der Waals surface area contributed by atoms with Gasteiger partial charge in [0.25, 0.3) is 11.1 Å². The molecule has 0 aliphatic rings. The van der Waals surface area contributed by atoms with E-state index in [0.717, 1.165) is 16.9 Å². The maximum atomic E-state index is 13.3. The molecule has 0 atom stereocenters. The average molecular weight is 493 g/mol. The van der Waals surface area contributed by atoms with Gasteiger partial charge >= 0.3 is 0 Å². The molecule has 4 aromatic heterocycles. The van der Waals surface area contributed by atoms with Crippen LogP contribution in [0.4, 0.5) is 5.13 Å². The van der Waals surface area contributed by atoms with Crippen molar-refractivity contribution < 1.29 is 14.3 Å². The number of imidazole rings is 1. The minimum atomic E-state index is -0.349. The van der Waals surface area contributed by atoms with E-state index in [1.165, 1.54) is 0 Å². The fraction of sp³-hybridized carbons (Fsp3) is 0.0870. The number of hydrogen-bond donors (Lipinski definition) is 1. The number of benzene rings is 1. The standard InChI is InChI=1S/C23H17ClN6O3S/c1-32-19-5-3-2-4-16(19)17-10-20-25-8-9-30(20)12-18(17)21(31)27-22-28-29-23(34-22)33-13-15-7-6-14(24)11-26-15/h2-12H,13H2,1H3,(H,27,28,31). The first kappa shape index (κ1) is 21.8. The van der Waals surface area contributed by atoms with Gasteiger partial charge in [0.15, 0.2) is 0 Å². The van der Waals surface area contributed by atoms with Gasteiger partial charge in [-0.15, -0.1) is 5.10 Å². The van der Waals surface area contributed by atoms with Gasteiger partial charge in [0, 0.05) is 35.9 Å². The fourth-order valence-electron chi connectivity index (χ4n) is 3.34. The summed E-state index contributed by atoms with van der Waals surface area (Å²) >= 11 is 6.97. The van der Waals surface area contributed by atoms with Crippen molar-refractivity contribution in [3.63, 3.8) is 0 Å². The lowest BCUT2D eigenvalue weighted by atomic mass is 10.00. The molecular weight excluding hydrogens is 476 g/mol. The number of hydrogen-bond acceptors (Lipinski definition) is 8. The van der Waals surface area contributed by atoms with E-state index >= 15 is 0 Å². The van der Waals surface area contributed by atoms with Crippen molar-refractivity contribution >= 4 is 39.6 Å². The minimum Gasteiger partial charge on any atom is -0.496 e. The van der Waals surface area contributed by atoms with Crippen molar-refractivity contribution in [2.45, 2.75) is 6.61 Å². The normalized spacial score (nSPS) is 10.9. The Morgan fingerprint density at radius 3 is 2.85 bits per heavy atom. The molecule has 5 rings (SSSR count). The molecule has 0 spiro atoms. The van der Waals surface area contributed by atoms with E-state index in [2.05, 4.69) is 25.5 Å². The van der Waals surface area contributed by atoms with Gasteiger partial charge in [-0.1, -0.05) is 34.9 Å². The zero-order valence-electron chi connectivity index (χ0n) is 17.8. The largest absolute Gasteiger partial charge is 0.496 e. The number of halogens is 1. The van der Waals surface area contributed by atoms with Crippen molar-refractivity contribution in [1.82, 2.24) is 24.6 Å². The molecule has 34 heavy (non-hydrogen) atoms. The quantitative estimate of drug-likeness (QED) is 0.350. The summed E-state index contributed by atoms with van der Waals surface area (Å²) in [5, 5.41) is 12.0. The van der Waals surface area contributed by atoms with E-state index in [4.69, 9.17) is 21.1 Å². The van der Waals surface area contributed by atoms with Gasteiger partial charge in [-0.3, -0.25) is 15.1 Å². The maximum Gasteiger partial charge on any atom is 0.296 e. The molecule has 4 heterocycles. The summed E-state index contributed by atoms with van der Waals surface area (Å²) in [5.74, 6) is 0.299. The molecule has 5 aromatic rings. The SMILES string of the molecule is COc1ccccc1-c1cc2nccn2cc1C(=O)Nc1nnc(OCc2ccc(Cl)cn2)s1. The monoisotopic (exact) mass is 492 g/mol. The second-order valence-corrected chi connectivity index (χ2v) is 8.45. The van der Waals surface area contributed by atoms with Gasteiger partial charge in [0.2, 0.25) is 5.13 Å². The van der Waals surface area contributed by atoms with E-state index in [-0.39, 0.29) is 12.5 Å². The number of amides is 1. The topological polar surface area (TPSA) is 104 Å². The first-order chi connectivity index (χ1) is 16.6. The Bertz CT molecular complexity index is 1470. The molecule has 0 unspecified atom stereocenters. The highest BCUT2D eigenvalue weighted by Gasteiger charge is 2.19. The van der Waals surface area contributed by atoms with E-state index in [0.29, 0.717) is 43.6 Å². The van der Waals surface area contributed by atoms with E-state index in [9.17, 15) is 4.79 Å². The summed E-state index contributed by atoms with van der Waals surface area (Å²) in [7, 11) is 1.59. The molecule has 0 fully saturated rings. The number of aromatic nitrogens is 5. The fourth-order valence-corrected chi connectivity index (χ4v) is 4.04. The number of ether oxygens (including phenoxy) is 2. The third-order valence-electron chi connectivity index (χ3n) is 4.93. The van der Waals surface area contributed by atoms with Gasteiger partial charge in [-0.05, 0) is 35.6 Å². The molecule has 0 bridgehead atoms. The molecule has 0 aliphatic heterocycles. The van der Waals surface area contributed by atoms with Crippen LogP contribution in [0, 0.1) is 0 Å². The van der Waals surface area contributed by atoms with Crippen LogP contribution in [0.1, 0.15) is 16.1 Å². The van der Waals surface area contributed by atoms with Crippen LogP contribution < -0.4 is 14.8 Å². The number of fused-ring (bicyclic) bond motifs is 1. The molecular formula is C23H17ClN6O3S. The van der Waals surface area contributed by atoms with Gasteiger partial charge in [-0.2, -0.15) is 0 Å². The van der Waals surface area contributed by atoms with E-state index in [1.54, 1.807) is 48.4 Å². The number of methoxy groups -OCH3 is 1. The summed E-state index contributed by atoms with van der Waals surface area (Å²) in [6.07, 6.45) is 6.72. The molecule has 0 aliphatic carbocycles. The molecule has 1 N–H and O–H groups in total. The molecule has 9 nitrogen and oxygen atoms in total. The third kappa shape index (κ3) is 4.54. The van der Waals surface area contributed by atoms with Crippen molar-refractivity contribution in [2.75, 3.05) is 12.4 Å². The second kappa shape index (κ2) is 9.46. The number of carbonyl (C=O) groups is 1.